The lowest BCUT2D eigenvalue weighted by atomic mass is 10.1. The van der Waals surface area contributed by atoms with Crippen molar-refractivity contribution in [2.24, 2.45) is 0 Å². The van der Waals surface area contributed by atoms with Gasteiger partial charge in [0.05, 0.1) is 6.54 Å². The van der Waals surface area contributed by atoms with Crippen molar-refractivity contribution in [2.75, 3.05) is 6.54 Å². The molecule has 1 aliphatic rings. The van der Waals surface area contributed by atoms with Crippen LogP contribution in [0.1, 0.15) is 40.0 Å². The van der Waals surface area contributed by atoms with Crippen LogP contribution in [0.15, 0.2) is 11.6 Å². The number of carbonyl (C=O) groups is 2. The monoisotopic (exact) mass is 225 g/mol. The van der Waals surface area contributed by atoms with Gasteiger partial charge in [0.1, 0.15) is 5.60 Å². The Kier molecular flexibility index (Phi) is 4.10. The predicted molar refractivity (Wildman–Crippen MR) is 61.2 cm³/mol. The Balaban J connectivity index is 2.29. The molecule has 4 nitrogen and oxygen atoms in total. The highest BCUT2D eigenvalue weighted by Gasteiger charge is 2.18. The fourth-order valence-electron chi connectivity index (χ4n) is 1.50. The largest absolute Gasteiger partial charge is 0.444 e. The third-order valence-electron chi connectivity index (χ3n) is 2.19. The van der Waals surface area contributed by atoms with Gasteiger partial charge >= 0.3 is 6.09 Å². The number of nitrogens with one attached hydrogen (secondary N) is 1. The number of hydrogen-bond acceptors (Lipinski definition) is 3. The molecule has 0 fully saturated rings. The number of hydrogen-bond donors (Lipinski definition) is 1. The maximum Gasteiger partial charge on any atom is 0.408 e. The molecular weight excluding hydrogens is 206 g/mol. The molecule has 0 saturated carbocycles. The summed E-state index contributed by atoms with van der Waals surface area (Å²) < 4.78 is 5.03. The van der Waals surface area contributed by atoms with Gasteiger partial charge in [-0.3, -0.25) is 4.79 Å². The van der Waals surface area contributed by atoms with E-state index in [1.54, 1.807) is 20.8 Å². The Morgan fingerprint density at radius 3 is 2.62 bits per heavy atom. The van der Waals surface area contributed by atoms with Crippen LogP contribution in [0.25, 0.3) is 0 Å². The van der Waals surface area contributed by atoms with E-state index >= 15 is 0 Å². The first kappa shape index (κ1) is 12.7. The summed E-state index contributed by atoms with van der Waals surface area (Å²) in [6, 6.07) is 0. The van der Waals surface area contributed by atoms with Crippen LogP contribution in [0.2, 0.25) is 0 Å². The molecular formula is C12H19NO3. The summed E-state index contributed by atoms with van der Waals surface area (Å²) in [6.45, 7) is 5.39. The van der Waals surface area contributed by atoms with Gasteiger partial charge in [0.15, 0.2) is 5.78 Å². The highest BCUT2D eigenvalue weighted by molar-refractivity contribution is 5.98. The predicted octanol–water partition coefficient (Wildman–Crippen LogP) is 2.19. The van der Waals surface area contributed by atoms with E-state index in [9.17, 15) is 9.59 Å². The van der Waals surface area contributed by atoms with Crippen LogP contribution >= 0.6 is 0 Å². The molecule has 0 heterocycles. The number of amides is 1. The van der Waals surface area contributed by atoms with E-state index in [1.807, 2.05) is 6.08 Å². The van der Waals surface area contributed by atoms with Gasteiger partial charge in [0, 0.05) is 0 Å². The fraction of sp³-hybridized carbons (Fsp3) is 0.667. The maximum absolute atomic E-state index is 11.6. The second-order valence-corrected chi connectivity index (χ2v) is 4.90. The third-order valence-corrected chi connectivity index (χ3v) is 2.19. The molecule has 0 bridgehead atoms. The van der Waals surface area contributed by atoms with Gasteiger partial charge in [0.25, 0.3) is 0 Å². The maximum atomic E-state index is 11.6. The molecule has 1 aliphatic carbocycles. The minimum atomic E-state index is -0.542. The molecule has 0 unspecified atom stereocenters. The van der Waals surface area contributed by atoms with E-state index in [1.165, 1.54) is 0 Å². The molecule has 90 valence electrons. The molecule has 1 amide bonds. The SMILES string of the molecule is CC(C)(C)OC(=O)NCC(=O)C1=CCCC1. The van der Waals surface area contributed by atoms with Crippen molar-refractivity contribution in [3.05, 3.63) is 11.6 Å². The van der Waals surface area contributed by atoms with Crippen molar-refractivity contribution >= 4 is 11.9 Å². The smallest absolute Gasteiger partial charge is 0.408 e. The Bertz CT molecular complexity index is 313. The average molecular weight is 225 g/mol. The van der Waals surface area contributed by atoms with Crippen molar-refractivity contribution in [3.63, 3.8) is 0 Å². The molecule has 4 heteroatoms. The molecule has 0 spiro atoms. The van der Waals surface area contributed by atoms with E-state index in [4.69, 9.17) is 4.74 Å². The van der Waals surface area contributed by atoms with E-state index in [-0.39, 0.29) is 12.3 Å². The molecule has 0 aromatic carbocycles. The Morgan fingerprint density at radius 1 is 1.44 bits per heavy atom. The second-order valence-electron chi connectivity index (χ2n) is 4.90. The third kappa shape index (κ3) is 4.47. The summed E-state index contributed by atoms with van der Waals surface area (Å²) >= 11 is 0. The van der Waals surface area contributed by atoms with Crippen LogP contribution in [0.5, 0.6) is 0 Å². The van der Waals surface area contributed by atoms with Crippen molar-refractivity contribution in [2.45, 2.75) is 45.6 Å². The summed E-state index contributed by atoms with van der Waals surface area (Å²) in [5, 5.41) is 2.46. The molecule has 0 radical (unpaired) electrons. The van der Waals surface area contributed by atoms with Gasteiger partial charge in [-0.25, -0.2) is 4.79 Å². The number of rotatable bonds is 3. The first-order chi connectivity index (χ1) is 7.38. The zero-order valence-electron chi connectivity index (χ0n) is 10.1. The van der Waals surface area contributed by atoms with Gasteiger partial charge in [-0.2, -0.15) is 0 Å². The van der Waals surface area contributed by atoms with Crippen molar-refractivity contribution < 1.29 is 14.3 Å². The van der Waals surface area contributed by atoms with Gasteiger partial charge in [0.2, 0.25) is 0 Å². The van der Waals surface area contributed by atoms with Crippen LogP contribution in [-0.2, 0) is 9.53 Å². The summed E-state index contributed by atoms with van der Waals surface area (Å²) in [5.41, 5.74) is 0.302. The number of ether oxygens (including phenoxy) is 1. The Morgan fingerprint density at radius 2 is 2.12 bits per heavy atom. The van der Waals surface area contributed by atoms with Crippen molar-refractivity contribution in [1.82, 2.24) is 5.32 Å². The number of Topliss-reactive ketones (excluding diaryl/α,β-unsaturated/α-hetero) is 1. The molecule has 1 N–H and O–H groups in total. The van der Waals surface area contributed by atoms with E-state index in [0.29, 0.717) is 0 Å². The van der Waals surface area contributed by atoms with E-state index in [0.717, 1.165) is 24.8 Å². The first-order valence-electron chi connectivity index (χ1n) is 5.57. The van der Waals surface area contributed by atoms with E-state index in [2.05, 4.69) is 5.32 Å². The van der Waals surface area contributed by atoms with E-state index < -0.39 is 11.7 Å². The lowest BCUT2D eigenvalue weighted by molar-refractivity contribution is -0.114. The zero-order chi connectivity index (χ0) is 12.2. The Labute approximate surface area is 96.0 Å². The van der Waals surface area contributed by atoms with Crippen molar-refractivity contribution in [1.29, 1.82) is 0 Å². The molecule has 1 rings (SSSR count). The minimum Gasteiger partial charge on any atom is -0.444 e. The molecule has 0 atom stereocenters. The molecule has 16 heavy (non-hydrogen) atoms. The first-order valence-corrected chi connectivity index (χ1v) is 5.57. The van der Waals surface area contributed by atoms with Crippen molar-refractivity contribution in [3.8, 4) is 0 Å². The number of allylic oxidation sites excluding steroid dienone is 1. The second kappa shape index (κ2) is 5.14. The molecule has 0 saturated heterocycles. The minimum absolute atomic E-state index is 0.0108. The lowest BCUT2D eigenvalue weighted by Gasteiger charge is -2.19. The average Bonchev–Trinajstić information content (AvgIpc) is 2.64. The highest BCUT2D eigenvalue weighted by Crippen LogP contribution is 2.17. The highest BCUT2D eigenvalue weighted by atomic mass is 16.6. The van der Waals surface area contributed by atoms with Gasteiger partial charge < -0.3 is 10.1 Å². The summed E-state index contributed by atoms with van der Waals surface area (Å²) in [7, 11) is 0. The summed E-state index contributed by atoms with van der Waals surface area (Å²) in [5.74, 6) is -0.0108. The molecule has 0 aliphatic heterocycles. The van der Waals surface area contributed by atoms with Crippen LogP contribution in [0.3, 0.4) is 0 Å². The van der Waals surface area contributed by atoms with Crippen LogP contribution in [-0.4, -0.2) is 24.0 Å². The van der Waals surface area contributed by atoms with Gasteiger partial charge in [-0.05, 0) is 45.6 Å². The fourth-order valence-corrected chi connectivity index (χ4v) is 1.50. The van der Waals surface area contributed by atoms with Gasteiger partial charge in [-0.1, -0.05) is 6.08 Å². The normalized spacial score (nSPS) is 15.6. The van der Waals surface area contributed by atoms with Crippen LogP contribution < -0.4 is 5.32 Å². The van der Waals surface area contributed by atoms with Crippen LogP contribution in [0.4, 0.5) is 4.79 Å². The molecule has 0 aromatic rings. The summed E-state index contributed by atoms with van der Waals surface area (Å²) in [4.78, 5) is 22.8. The standard InChI is InChI=1S/C12H19NO3/c1-12(2,3)16-11(15)13-8-10(14)9-6-4-5-7-9/h6H,4-5,7-8H2,1-3H3,(H,13,15). The topological polar surface area (TPSA) is 55.4 Å². The number of carbonyl (C=O) groups excluding carboxylic acids is 2. The lowest BCUT2D eigenvalue weighted by Crippen LogP contribution is -2.35. The summed E-state index contributed by atoms with van der Waals surface area (Å²) in [6.07, 6.45) is 4.23. The zero-order valence-corrected chi connectivity index (χ0v) is 10.1. The number of ketones is 1. The van der Waals surface area contributed by atoms with Crippen LogP contribution in [0, 0.1) is 0 Å². The molecule has 0 aromatic heterocycles. The number of alkyl carbamates (subject to hydrolysis) is 1. The van der Waals surface area contributed by atoms with Gasteiger partial charge in [-0.15, -0.1) is 0 Å². The quantitative estimate of drug-likeness (QED) is 0.801. The Hall–Kier alpha value is -1.32.